The van der Waals surface area contributed by atoms with Crippen molar-refractivity contribution in [2.75, 3.05) is 44.7 Å². The maximum absolute atomic E-state index is 9.21. The number of aromatic nitrogens is 1. The summed E-state index contributed by atoms with van der Waals surface area (Å²) in [6.45, 7) is 5.71. The first-order valence-electron chi connectivity index (χ1n) is 7.98. The number of anilines is 1. The first-order chi connectivity index (χ1) is 11.4. The topological polar surface area (TPSA) is 75.5 Å². The second kappa shape index (κ2) is 7.77. The summed E-state index contributed by atoms with van der Waals surface area (Å²) in [5.74, 6) is 0.937. The Kier molecular flexibility index (Phi) is 5.25. The van der Waals surface area contributed by atoms with Crippen molar-refractivity contribution < 1.29 is 14.1 Å². The van der Waals surface area contributed by atoms with Crippen LogP contribution in [-0.4, -0.2) is 44.4 Å². The van der Waals surface area contributed by atoms with Crippen molar-refractivity contribution in [1.82, 2.24) is 4.98 Å². The quantitative estimate of drug-likeness (QED) is 0.776. The molecule has 1 saturated heterocycles. The van der Waals surface area contributed by atoms with Gasteiger partial charge >= 0.3 is 0 Å². The first kappa shape index (κ1) is 15.5. The van der Waals surface area contributed by atoms with Gasteiger partial charge in [0.05, 0.1) is 19.8 Å². The number of hydrogen-bond donors (Lipinski definition) is 2. The van der Waals surface area contributed by atoms with Crippen LogP contribution < -0.4 is 10.2 Å². The van der Waals surface area contributed by atoms with Gasteiger partial charge in [-0.2, -0.15) is 10.2 Å². The van der Waals surface area contributed by atoms with Gasteiger partial charge in [-0.1, -0.05) is 18.2 Å². The van der Waals surface area contributed by atoms with Crippen LogP contribution in [0.4, 0.5) is 5.88 Å². The second-order valence-electron chi connectivity index (χ2n) is 5.57. The molecule has 0 radical (unpaired) electrons. The summed E-state index contributed by atoms with van der Waals surface area (Å²) in [6.07, 6.45) is 1.02. The number of quaternary nitrogens is 1. The van der Waals surface area contributed by atoms with Crippen LogP contribution in [0, 0.1) is 11.3 Å². The van der Waals surface area contributed by atoms with Crippen molar-refractivity contribution in [1.29, 1.82) is 5.26 Å². The number of nitrogens with one attached hydrogen (secondary N) is 2. The molecule has 2 aromatic rings. The third-order valence-electron chi connectivity index (χ3n) is 3.95. The van der Waals surface area contributed by atoms with Gasteiger partial charge in [0.15, 0.2) is 0 Å². The molecule has 23 heavy (non-hydrogen) atoms. The highest BCUT2D eigenvalue weighted by molar-refractivity contribution is 5.58. The van der Waals surface area contributed by atoms with Gasteiger partial charge in [-0.25, -0.2) is 0 Å². The number of ether oxygens (including phenoxy) is 1. The molecule has 1 aliphatic rings. The van der Waals surface area contributed by atoms with Gasteiger partial charge < -0.3 is 19.4 Å². The third kappa shape index (κ3) is 4.09. The fraction of sp³-hybridized carbons (Fsp3) is 0.412. The number of nitrogens with zero attached hydrogens (tertiary/aromatic N) is 2. The smallest absolute Gasteiger partial charge is 0.232 e. The Balaban J connectivity index is 1.55. The van der Waals surface area contributed by atoms with Gasteiger partial charge in [0.2, 0.25) is 17.5 Å². The van der Waals surface area contributed by atoms with E-state index in [0.717, 1.165) is 51.4 Å². The molecule has 1 fully saturated rings. The zero-order chi connectivity index (χ0) is 15.9. The zero-order valence-electron chi connectivity index (χ0n) is 13.0. The fourth-order valence-electron chi connectivity index (χ4n) is 2.67. The predicted molar refractivity (Wildman–Crippen MR) is 86.1 cm³/mol. The molecular weight excluding hydrogens is 292 g/mol. The van der Waals surface area contributed by atoms with Crippen molar-refractivity contribution in [3.63, 3.8) is 0 Å². The molecule has 1 aromatic carbocycles. The van der Waals surface area contributed by atoms with E-state index in [2.05, 4.69) is 16.4 Å². The molecule has 1 aromatic heterocycles. The number of benzene rings is 1. The minimum Gasteiger partial charge on any atom is -0.419 e. The molecule has 0 atom stereocenters. The Morgan fingerprint density at radius 1 is 1.22 bits per heavy atom. The van der Waals surface area contributed by atoms with Crippen molar-refractivity contribution in [3.05, 3.63) is 36.0 Å². The summed E-state index contributed by atoms with van der Waals surface area (Å²) < 4.78 is 11.1. The lowest BCUT2D eigenvalue weighted by Crippen LogP contribution is -3.14. The van der Waals surface area contributed by atoms with Gasteiger partial charge in [0.25, 0.3) is 0 Å². The molecule has 6 nitrogen and oxygen atoms in total. The number of rotatable bonds is 6. The number of nitriles is 1. The summed E-state index contributed by atoms with van der Waals surface area (Å²) in [5.41, 5.74) is 1.18. The Hall–Kier alpha value is -2.36. The van der Waals surface area contributed by atoms with Crippen LogP contribution in [0.5, 0.6) is 0 Å². The summed E-state index contributed by atoms with van der Waals surface area (Å²) in [7, 11) is 0. The molecule has 120 valence electrons. The lowest BCUT2D eigenvalue weighted by molar-refractivity contribution is -0.908. The second-order valence-corrected chi connectivity index (χ2v) is 5.57. The Morgan fingerprint density at radius 3 is 2.74 bits per heavy atom. The van der Waals surface area contributed by atoms with Crippen LogP contribution in [0.2, 0.25) is 0 Å². The van der Waals surface area contributed by atoms with E-state index in [1.165, 1.54) is 0 Å². The van der Waals surface area contributed by atoms with Gasteiger partial charge in [-0.05, 0) is 12.1 Å². The van der Waals surface area contributed by atoms with Crippen LogP contribution in [0.25, 0.3) is 11.5 Å². The van der Waals surface area contributed by atoms with E-state index in [1.54, 1.807) is 4.90 Å². The summed E-state index contributed by atoms with van der Waals surface area (Å²) in [6, 6.07) is 11.7. The molecule has 0 unspecified atom stereocenters. The Labute approximate surface area is 135 Å². The molecule has 0 amide bonds. The van der Waals surface area contributed by atoms with Crippen LogP contribution in [0.1, 0.15) is 12.1 Å². The summed E-state index contributed by atoms with van der Waals surface area (Å²) in [4.78, 5) is 5.83. The SMILES string of the molecule is N#Cc1nc(-c2ccccc2)oc1NCCC[NH+]1CCOCC1. The van der Waals surface area contributed by atoms with E-state index in [-0.39, 0.29) is 0 Å². The molecule has 0 bridgehead atoms. The Morgan fingerprint density at radius 2 is 2.00 bits per heavy atom. The van der Waals surface area contributed by atoms with Crippen LogP contribution in [0.3, 0.4) is 0 Å². The average Bonchev–Trinajstić information content (AvgIpc) is 3.04. The molecule has 0 saturated carbocycles. The maximum atomic E-state index is 9.21. The third-order valence-corrected chi connectivity index (χ3v) is 3.95. The van der Waals surface area contributed by atoms with Crippen molar-refractivity contribution in [2.45, 2.75) is 6.42 Å². The minimum absolute atomic E-state index is 0.308. The van der Waals surface area contributed by atoms with Crippen molar-refractivity contribution in [2.24, 2.45) is 0 Å². The first-order valence-corrected chi connectivity index (χ1v) is 7.98. The maximum Gasteiger partial charge on any atom is 0.232 e. The summed E-state index contributed by atoms with van der Waals surface area (Å²) in [5, 5.41) is 12.4. The zero-order valence-corrected chi connectivity index (χ0v) is 13.0. The highest BCUT2D eigenvalue weighted by atomic mass is 16.5. The Bertz CT molecular complexity index is 657. The van der Waals surface area contributed by atoms with Crippen LogP contribution >= 0.6 is 0 Å². The van der Waals surface area contributed by atoms with Crippen LogP contribution in [-0.2, 0) is 4.74 Å². The lowest BCUT2D eigenvalue weighted by Gasteiger charge is -2.23. The molecule has 2 heterocycles. The fourth-order valence-corrected chi connectivity index (χ4v) is 2.67. The van der Waals surface area contributed by atoms with Gasteiger partial charge in [0.1, 0.15) is 19.2 Å². The lowest BCUT2D eigenvalue weighted by atomic mass is 10.2. The van der Waals surface area contributed by atoms with E-state index < -0.39 is 0 Å². The highest BCUT2D eigenvalue weighted by Gasteiger charge is 2.15. The standard InChI is InChI=1S/C17H20N4O2/c18-13-15-17(19-7-4-8-21-9-11-22-12-10-21)23-16(20-15)14-5-2-1-3-6-14/h1-3,5-6,19H,4,7-12H2/p+1. The molecule has 2 N–H and O–H groups in total. The van der Waals surface area contributed by atoms with Gasteiger partial charge in [-0.3, -0.25) is 0 Å². The number of hydrogen-bond acceptors (Lipinski definition) is 5. The number of oxazole rings is 1. The molecule has 0 spiro atoms. The highest BCUT2D eigenvalue weighted by Crippen LogP contribution is 2.24. The van der Waals surface area contributed by atoms with Gasteiger partial charge in [0, 0.05) is 18.5 Å². The molecule has 6 heteroatoms. The molecular formula is C17H21N4O2+. The predicted octanol–water partition coefficient (Wildman–Crippen LogP) is 0.930. The molecule has 3 rings (SSSR count). The molecule has 0 aliphatic carbocycles. The van der Waals surface area contributed by atoms with E-state index in [9.17, 15) is 5.26 Å². The summed E-state index contributed by atoms with van der Waals surface area (Å²) >= 11 is 0. The van der Waals surface area contributed by atoms with Crippen LogP contribution in [0.15, 0.2) is 34.7 Å². The average molecular weight is 313 g/mol. The van der Waals surface area contributed by atoms with E-state index in [4.69, 9.17) is 9.15 Å². The van der Waals surface area contributed by atoms with E-state index in [0.29, 0.717) is 17.5 Å². The van der Waals surface area contributed by atoms with Crippen molar-refractivity contribution >= 4 is 5.88 Å². The van der Waals surface area contributed by atoms with E-state index >= 15 is 0 Å². The molecule has 1 aliphatic heterocycles. The van der Waals surface area contributed by atoms with E-state index in [1.807, 2.05) is 30.3 Å². The monoisotopic (exact) mass is 313 g/mol. The van der Waals surface area contributed by atoms with Crippen molar-refractivity contribution in [3.8, 4) is 17.5 Å². The number of morpholine rings is 1. The normalized spacial score (nSPS) is 15.3. The minimum atomic E-state index is 0.308. The van der Waals surface area contributed by atoms with Gasteiger partial charge in [-0.15, -0.1) is 0 Å². The largest absolute Gasteiger partial charge is 0.419 e.